The van der Waals surface area contributed by atoms with Gasteiger partial charge in [0.1, 0.15) is 29.1 Å². The van der Waals surface area contributed by atoms with Crippen molar-refractivity contribution in [3.63, 3.8) is 0 Å². The van der Waals surface area contributed by atoms with Gasteiger partial charge >= 0.3 is 0 Å². The fourth-order valence-electron chi connectivity index (χ4n) is 4.11. The number of hydrogen-bond donors (Lipinski definition) is 2. The number of carbonyl (C=O) groups excluding carboxylic acids is 4. The van der Waals surface area contributed by atoms with E-state index in [2.05, 4.69) is 20.5 Å². The lowest BCUT2D eigenvalue weighted by Gasteiger charge is -2.21. The number of anilines is 2. The van der Waals surface area contributed by atoms with Gasteiger partial charge in [0.05, 0.1) is 0 Å². The van der Waals surface area contributed by atoms with E-state index in [0.717, 1.165) is 38.1 Å². The van der Waals surface area contributed by atoms with E-state index in [0.29, 0.717) is 10.9 Å². The molecule has 2 aliphatic heterocycles. The zero-order chi connectivity index (χ0) is 27.2. The van der Waals surface area contributed by atoms with Crippen molar-refractivity contribution in [1.82, 2.24) is 9.80 Å². The van der Waals surface area contributed by atoms with Crippen molar-refractivity contribution in [2.75, 3.05) is 36.8 Å². The first-order valence-electron chi connectivity index (χ1n) is 12.2. The summed E-state index contributed by atoms with van der Waals surface area (Å²) in [6.07, 6.45) is 2.11. The molecule has 9 nitrogen and oxygen atoms in total. The maximum absolute atomic E-state index is 13.8. The Morgan fingerprint density at radius 2 is 1.68 bits per heavy atom. The highest BCUT2D eigenvalue weighted by Gasteiger charge is 2.33. The number of amides is 4. The number of nitrogens with zero attached hydrogens (tertiary/aromatic N) is 3. The number of hydrogen-bond acceptors (Lipinski definition) is 6. The Hall–Kier alpha value is -3.80. The molecule has 0 bridgehead atoms. The van der Waals surface area contributed by atoms with Crippen LogP contribution in [0.2, 0.25) is 0 Å². The van der Waals surface area contributed by atoms with Gasteiger partial charge in [0, 0.05) is 37.3 Å². The van der Waals surface area contributed by atoms with E-state index in [9.17, 15) is 28.0 Å². The summed E-state index contributed by atoms with van der Waals surface area (Å²) < 4.78 is 27.6. The second kappa shape index (κ2) is 12.2. The zero-order valence-electron chi connectivity index (χ0n) is 20.7. The third-order valence-electron chi connectivity index (χ3n) is 6.12. The van der Waals surface area contributed by atoms with Gasteiger partial charge in [-0.3, -0.25) is 19.2 Å². The third-order valence-corrected chi connectivity index (χ3v) is 7.34. The Morgan fingerprint density at radius 1 is 1.03 bits per heavy atom. The molecule has 0 spiro atoms. The summed E-state index contributed by atoms with van der Waals surface area (Å²) in [5.74, 6) is -3.70. The molecule has 0 radical (unpaired) electrons. The van der Waals surface area contributed by atoms with Gasteiger partial charge in [0.15, 0.2) is 5.17 Å². The maximum atomic E-state index is 13.8. The number of carbonyl (C=O) groups is 4. The number of amidine groups is 1. The molecule has 1 fully saturated rings. The first-order chi connectivity index (χ1) is 18.2. The predicted octanol–water partition coefficient (Wildman–Crippen LogP) is 3.49. The number of likely N-dealkylation sites (tertiary alicyclic amines) is 1. The second-order valence-corrected chi connectivity index (χ2v) is 10.00. The Kier molecular flexibility index (Phi) is 8.72. The van der Waals surface area contributed by atoms with Gasteiger partial charge in [-0.05, 0) is 56.2 Å². The Bertz CT molecular complexity index is 1240. The topological polar surface area (TPSA) is 111 Å². The molecule has 2 aromatic rings. The highest BCUT2D eigenvalue weighted by molar-refractivity contribution is 8.15. The van der Waals surface area contributed by atoms with Gasteiger partial charge in [-0.15, -0.1) is 0 Å². The van der Waals surface area contributed by atoms with Crippen molar-refractivity contribution < 1.29 is 28.0 Å². The fourth-order valence-corrected chi connectivity index (χ4v) is 5.23. The van der Waals surface area contributed by atoms with Gasteiger partial charge in [-0.1, -0.05) is 17.8 Å². The molecule has 1 saturated heterocycles. The van der Waals surface area contributed by atoms with Gasteiger partial charge in [-0.2, -0.15) is 4.99 Å². The van der Waals surface area contributed by atoms with E-state index in [-0.39, 0.29) is 30.3 Å². The molecular weight excluding hydrogens is 516 g/mol. The molecule has 2 N–H and O–H groups in total. The number of thioether (sulfide) groups is 1. The number of likely N-dealkylation sites (N-methyl/N-ethyl adjacent to an activating group) is 1. The largest absolute Gasteiger partial charge is 0.351 e. The number of aliphatic imine (C=N–C) groups is 1. The average Bonchev–Trinajstić information content (AvgIpc) is 3.55. The molecule has 2 aromatic carbocycles. The Labute approximate surface area is 222 Å². The van der Waals surface area contributed by atoms with Crippen molar-refractivity contribution in [3.05, 3.63) is 59.7 Å². The molecule has 12 heteroatoms. The summed E-state index contributed by atoms with van der Waals surface area (Å²) in [5, 5.41) is 5.01. The minimum atomic E-state index is -0.916. The minimum absolute atomic E-state index is 0.0215. The Morgan fingerprint density at radius 3 is 2.32 bits per heavy atom. The first kappa shape index (κ1) is 27.2. The van der Waals surface area contributed by atoms with Crippen LogP contribution in [0, 0.1) is 11.6 Å². The number of halogens is 2. The first-order valence-corrected chi connectivity index (χ1v) is 13.1. The van der Waals surface area contributed by atoms with E-state index < -0.39 is 40.9 Å². The second-order valence-electron chi connectivity index (χ2n) is 8.83. The standard InChI is InChI=1S/C26H27F2N5O4S/c1-2-32(15-22(35)30-23-18(27)6-5-7-19(23)28)25(37)16-8-10-17(11-9-16)29-21(34)14-20-24(36)31-26(38-20)33-12-3-4-13-33/h5-11,20H,2-4,12-15H2,1H3,(H,29,34)(H,30,35)/t20-/m0/s1. The van der Waals surface area contributed by atoms with Crippen molar-refractivity contribution in [1.29, 1.82) is 0 Å². The lowest BCUT2D eigenvalue weighted by atomic mass is 10.1. The smallest absolute Gasteiger partial charge is 0.262 e. The van der Waals surface area contributed by atoms with Gasteiger partial charge in [0.25, 0.3) is 11.8 Å². The lowest BCUT2D eigenvalue weighted by Crippen LogP contribution is -2.38. The molecule has 200 valence electrons. The van der Waals surface area contributed by atoms with Crippen molar-refractivity contribution in [3.8, 4) is 0 Å². The van der Waals surface area contributed by atoms with E-state index in [1.807, 2.05) is 0 Å². The summed E-state index contributed by atoms with van der Waals surface area (Å²) in [7, 11) is 0. The molecular formula is C26H27F2N5O4S. The predicted molar refractivity (Wildman–Crippen MR) is 141 cm³/mol. The van der Waals surface area contributed by atoms with Crippen molar-refractivity contribution in [2.24, 2.45) is 4.99 Å². The summed E-state index contributed by atoms with van der Waals surface area (Å²) in [4.78, 5) is 57.4. The van der Waals surface area contributed by atoms with Crippen LogP contribution in [0.25, 0.3) is 0 Å². The van der Waals surface area contributed by atoms with Gasteiger partial charge in [0.2, 0.25) is 11.8 Å². The Balaban J connectivity index is 1.29. The zero-order valence-corrected chi connectivity index (χ0v) is 21.5. The molecule has 0 unspecified atom stereocenters. The van der Waals surface area contributed by atoms with Crippen molar-refractivity contribution >= 4 is 51.9 Å². The molecule has 2 heterocycles. The molecule has 0 saturated carbocycles. The number of rotatable bonds is 8. The van der Waals surface area contributed by atoms with Crippen LogP contribution in [0.1, 0.15) is 36.5 Å². The monoisotopic (exact) mass is 543 g/mol. The number of para-hydroxylation sites is 1. The third kappa shape index (κ3) is 6.55. The van der Waals surface area contributed by atoms with Crippen LogP contribution in [0.15, 0.2) is 47.5 Å². The number of nitrogens with one attached hydrogen (secondary N) is 2. The highest BCUT2D eigenvalue weighted by Crippen LogP contribution is 2.29. The van der Waals surface area contributed by atoms with Crippen LogP contribution in [-0.2, 0) is 14.4 Å². The maximum Gasteiger partial charge on any atom is 0.262 e. The van der Waals surface area contributed by atoms with E-state index in [1.54, 1.807) is 19.1 Å². The minimum Gasteiger partial charge on any atom is -0.351 e. The highest BCUT2D eigenvalue weighted by atomic mass is 32.2. The molecule has 4 amide bonds. The summed E-state index contributed by atoms with van der Waals surface area (Å²) >= 11 is 1.31. The van der Waals surface area contributed by atoms with E-state index in [1.165, 1.54) is 34.9 Å². The normalized spacial score (nSPS) is 16.8. The van der Waals surface area contributed by atoms with E-state index >= 15 is 0 Å². The molecule has 1 atom stereocenters. The van der Waals surface area contributed by atoms with Crippen LogP contribution < -0.4 is 10.6 Å². The average molecular weight is 544 g/mol. The van der Waals surface area contributed by atoms with Crippen LogP contribution in [0.4, 0.5) is 20.2 Å². The summed E-state index contributed by atoms with van der Waals surface area (Å²) in [5.41, 5.74) is 0.135. The van der Waals surface area contributed by atoms with Crippen LogP contribution in [0.5, 0.6) is 0 Å². The van der Waals surface area contributed by atoms with Crippen LogP contribution in [-0.4, -0.2) is 70.0 Å². The molecule has 2 aliphatic rings. The van der Waals surface area contributed by atoms with Crippen molar-refractivity contribution in [2.45, 2.75) is 31.4 Å². The number of benzene rings is 2. The summed E-state index contributed by atoms with van der Waals surface area (Å²) in [6, 6.07) is 9.31. The fraction of sp³-hybridized carbons (Fsp3) is 0.346. The van der Waals surface area contributed by atoms with Crippen LogP contribution >= 0.6 is 11.8 Å². The molecule has 0 aliphatic carbocycles. The van der Waals surface area contributed by atoms with Gasteiger partial charge in [-0.25, -0.2) is 8.78 Å². The van der Waals surface area contributed by atoms with E-state index in [4.69, 9.17) is 0 Å². The molecule has 0 aromatic heterocycles. The quantitative estimate of drug-likeness (QED) is 0.528. The molecule has 38 heavy (non-hydrogen) atoms. The molecule has 4 rings (SSSR count). The SMILES string of the molecule is CCN(CC(=O)Nc1c(F)cccc1F)C(=O)c1ccc(NC(=O)C[C@@H]2SC(N3CCCC3)=NC2=O)cc1. The lowest BCUT2D eigenvalue weighted by molar-refractivity contribution is -0.121. The van der Waals surface area contributed by atoms with Gasteiger partial charge < -0.3 is 20.4 Å². The van der Waals surface area contributed by atoms with Crippen LogP contribution in [0.3, 0.4) is 0 Å². The summed E-state index contributed by atoms with van der Waals surface area (Å²) in [6.45, 7) is 3.18.